The van der Waals surface area contributed by atoms with E-state index >= 15 is 0 Å². The van der Waals surface area contributed by atoms with Crippen molar-refractivity contribution in [2.45, 2.75) is 19.0 Å². The number of nitrogens with zero attached hydrogens (tertiary/aromatic N) is 1. The zero-order valence-corrected chi connectivity index (χ0v) is 18.6. The second-order valence-electron chi connectivity index (χ2n) is 7.99. The summed E-state index contributed by atoms with van der Waals surface area (Å²) in [5.41, 5.74) is 3.39. The Bertz CT molecular complexity index is 1130. The van der Waals surface area contributed by atoms with Crippen LogP contribution in [0.3, 0.4) is 0 Å². The number of hydrogen-bond donors (Lipinski definition) is 1. The summed E-state index contributed by atoms with van der Waals surface area (Å²) in [7, 11) is 3.19. The maximum atomic E-state index is 13.6. The first-order chi connectivity index (χ1) is 16.0. The van der Waals surface area contributed by atoms with Crippen LogP contribution in [-0.2, 0) is 13.0 Å². The fourth-order valence-electron chi connectivity index (χ4n) is 4.25. The van der Waals surface area contributed by atoms with Crippen molar-refractivity contribution in [3.63, 3.8) is 0 Å². The van der Waals surface area contributed by atoms with Gasteiger partial charge in [-0.2, -0.15) is 0 Å². The first-order valence-corrected chi connectivity index (χ1v) is 10.8. The first kappa shape index (κ1) is 22.7. The second kappa shape index (κ2) is 10.0. The van der Waals surface area contributed by atoms with Crippen LogP contribution in [0.25, 0.3) is 0 Å². The monoisotopic (exact) mass is 452 g/mol. The van der Waals surface area contributed by atoms with E-state index < -0.39 is 5.82 Å². The van der Waals surface area contributed by atoms with Crippen LogP contribution in [0, 0.1) is 11.6 Å². The molecule has 1 N–H and O–H groups in total. The number of rotatable bonds is 7. The van der Waals surface area contributed by atoms with E-state index in [1.807, 2.05) is 12.1 Å². The van der Waals surface area contributed by atoms with E-state index in [1.165, 1.54) is 30.3 Å². The molecule has 5 nitrogen and oxygen atoms in total. The second-order valence-corrected chi connectivity index (χ2v) is 7.99. The summed E-state index contributed by atoms with van der Waals surface area (Å²) < 4.78 is 37.9. The molecule has 0 aromatic heterocycles. The van der Waals surface area contributed by atoms with Crippen LogP contribution in [0.15, 0.2) is 60.7 Å². The summed E-state index contributed by atoms with van der Waals surface area (Å²) >= 11 is 0. The van der Waals surface area contributed by atoms with Gasteiger partial charge in [0.15, 0.2) is 11.5 Å². The number of halogens is 2. The lowest BCUT2D eigenvalue weighted by Gasteiger charge is -2.38. The lowest BCUT2D eigenvalue weighted by atomic mass is 9.91. The topological polar surface area (TPSA) is 50.8 Å². The summed E-state index contributed by atoms with van der Waals surface area (Å²) in [6, 6.07) is 15.8. The molecular formula is C26H26F2N2O3. The summed E-state index contributed by atoms with van der Waals surface area (Å²) in [4.78, 5) is 14.9. The summed E-state index contributed by atoms with van der Waals surface area (Å²) in [5.74, 6) is 0.190. The molecular weight excluding hydrogens is 426 g/mol. The molecule has 3 aromatic carbocycles. The zero-order valence-electron chi connectivity index (χ0n) is 18.6. The molecule has 172 valence electrons. The molecule has 0 saturated carbocycles. The highest BCUT2D eigenvalue weighted by atomic mass is 19.1. The van der Waals surface area contributed by atoms with Crippen molar-refractivity contribution in [1.29, 1.82) is 0 Å². The van der Waals surface area contributed by atoms with E-state index in [0.717, 1.165) is 29.7 Å². The minimum atomic E-state index is -0.458. The third kappa shape index (κ3) is 5.14. The highest BCUT2D eigenvalue weighted by Crippen LogP contribution is 2.38. The number of methoxy groups -OCH3 is 2. The molecule has 1 aliphatic heterocycles. The van der Waals surface area contributed by atoms with Crippen molar-refractivity contribution in [2.75, 3.05) is 27.3 Å². The van der Waals surface area contributed by atoms with Crippen molar-refractivity contribution in [3.8, 4) is 11.5 Å². The molecule has 0 aliphatic carbocycles. The molecule has 0 bridgehead atoms. The smallest absolute Gasteiger partial charge is 0.251 e. The maximum Gasteiger partial charge on any atom is 0.251 e. The molecule has 1 amide bonds. The lowest BCUT2D eigenvalue weighted by molar-refractivity contribution is 0.0925. The summed E-state index contributed by atoms with van der Waals surface area (Å²) in [5, 5.41) is 2.95. The number of carbonyl (C=O) groups is 1. The Kier molecular flexibility index (Phi) is 6.89. The molecule has 0 radical (unpaired) electrons. The highest BCUT2D eigenvalue weighted by Gasteiger charge is 2.29. The van der Waals surface area contributed by atoms with Crippen LogP contribution in [0.2, 0.25) is 0 Å². The van der Waals surface area contributed by atoms with Gasteiger partial charge in [0.1, 0.15) is 11.6 Å². The largest absolute Gasteiger partial charge is 0.493 e. The average Bonchev–Trinajstić information content (AvgIpc) is 2.83. The average molecular weight is 453 g/mol. The summed E-state index contributed by atoms with van der Waals surface area (Å²) in [6.45, 7) is 1.66. The van der Waals surface area contributed by atoms with Crippen LogP contribution < -0.4 is 14.8 Å². The normalized spacial score (nSPS) is 15.6. The van der Waals surface area contributed by atoms with Gasteiger partial charge in [-0.3, -0.25) is 9.69 Å². The fraction of sp³-hybridized carbons (Fsp3) is 0.269. The van der Waals surface area contributed by atoms with Gasteiger partial charge in [0, 0.05) is 25.2 Å². The van der Waals surface area contributed by atoms with E-state index in [0.29, 0.717) is 24.6 Å². The standard InChI is InChI=1S/C26H26F2N2O3/c1-32-24-13-18-10-11-30(16-17-6-8-20(27)9-7-17)23(22(18)14-25(24)33-2)15-29-26(31)19-4-3-5-21(28)12-19/h3-9,12-14,23H,10-11,15-16H2,1-2H3,(H,29,31)/t23-/m0/s1. The Morgan fingerprint density at radius 2 is 1.73 bits per heavy atom. The van der Waals surface area contributed by atoms with Gasteiger partial charge in [-0.15, -0.1) is 0 Å². The summed E-state index contributed by atoms with van der Waals surface area (Å²) in [6.07, 6.45) is 0.797. The number of ether oxygens (including phenoxy) is 2. The van der Waals surface area contributed by atoms with Crippen molar-refractivity contribution < 1.29 is 23.0 Å². The van der Waals surface area contributed by atoms with Gasteiger partial charge in [0.25, 0.3) is 5.91 Å². The molecule has 0 unspecified atom stereocenters. The highest BCUT2D eigenvalue weighted by molar-refractivity contribution is 5.94. The third-order valence-corrected chi connectivity index (χ3v) is 5.96. The third-order valence-electron chi connectivity index (χ3n) is 5.96. The van der Waals surface area contributed by atoms with Gasteiger partial charge >= 0.3 is 0 Å². The van der Waals surface area contributed by atoms with Gasteiger partial charge in [0.05, 0.1) is 20.3 Å². The Morgan fingerprint density at radius 1 is 1.00 bits per heavy atom. The zero-order chi connectivity index (χ0) is 23.4. The minimum Gasteiger partial charge on any atom is -0.493 e. The number of benzene rings is 3. The van der Waals surface area contributed by atoms with Crippen LogP contribution in [-0.4, -0.2) is 38.1 Å². The molecule has 33 heavy (non-hydrogen) atoms. The number of hydrogen-bond acceptors (Lipinski definition) is 4. The number of nitrogens with one attached hydrogen (secondary N) is 1. The van der Waals surface area contributed by atoms with Crippen molar-refractivity contribution in [3.05, 3.63) is 94.6 Å². The van der Waals surface area contributed by atoms with Gasteiger partial charge in [-0.05, 0) is 65.6 Å². The van der Waals surface area contributed by atoms with Crippen LogP contribution in [0.4, 0.5) is 8.78 Å². The molecule has 7 heteroatoms. The molecule has 0 saturated heterocycles. The van der Waals surface area contributed by atoms with Crippen LogP contribution >= 0.6 is 0 Å². The Balaban J connectivity index is 1.62. The van der Waals surface area contributed by atoms with Crippen LogP contribution in [0.1, 0.15) is 33.1 Å². The van der Waals surface area contributed by atoms with Crippen LogP contribution in [0.5, 0.6) is 11.5 Å². The van der Waals surface area contributed by atoms with E-state index in [1.54, 1.807) is 32.4 Å². The van der Waals surface area contributed by atoms with Crippen molar-refractivity contribution in [1.82, 2.24) is 10.2 Å². The Hall–Kier alpha value is -3.45. The van der Waals surface area contributed by atoms with E-state index in [4.69, 9.17) is 9.47 Å². The number of fused-ring (bicyclic) bond motifs is 1. The Labute approximate surface area is 191 Å². The van der Waals surface area contributed by atoms with E-state index in [9.17, 15) is 13.6 Å². The van der Waals surface area contributed by atoms with Gasteiger partial charge < -0.3 is 14.8 Å². The van der Waals surface area contributed by atoms with Crippen molar-refractivity contribution >= 4 is 5.91 Å². The van der Waals surface area contributed by atoms with Crippen molar-refractivity contribution in [2.24, 2.45) is 0 Å². The molecule has 1 aliphatic rings. The predicted octanol–water partition coefficient (Wildman–Crippen LogP) is 4.51. The van der Waals surface area contributed by atoms with Gasteiger partial charge in [-0.25, -0.2) is 8.78 Å². The molecule has 3 aromatic rings. The number of amides is 1. The fourth-order valence-corrected chi connectivity index (χ4v) is 4.25. The molecule has 1 heterocycles. The molecule has 0 fully saturated rings. The molecule has 4 rings (SSSR count). The lowest BCUT2D eigenvalue weighted by Crippen LogP contribution is -2.41. The predicted molar refractivity (Wildman–Crippen MR) is 122 cm³/mol. The van der Waals surface area contributed by atoms with Gasteiger partial charge in [0.2, 0.25) is 0 Å². The molecule has 0 spiro atoms. The van der Waals surface area contributed by atoms with E-state index in [-0.39, 0.29) is 23.3 Å². The SMILES string of the molecule is COc1cc2c(cc1OC)[C@H](CNC(=O)c1cccc(F)c1)N(Cc1ccc(F)cc1)CC2. The van der Waals surface area contributed by atoms with Gasteiger partial charge in [-0.1, -0.05) is 18.2 Å². The maximum absolute atomic E-state index is 13.6. The Morgan fingerprint density at radius 3 is 2.42 bits per heavy atom. The number of carbonyl (C=O) groups excluding carboxylic acids is 1. The minimum absolute atomic E-state index is 0.156. The quantitative estimate of drug-likeness (QED) is 0.573. The molecule has 1 atom stereocenters. The van der Waals surface area contributed by atoms with E-state index in [2.05, 4.69) is 10.2 Å². The first-order valence-electron chi connectivity index (χ1n) is 10.8.